The molecule has 68 valence electrons. The summed E-state index contributed by atoms with van der Waals surface area (Å²) in [6.45, 7) is 5.88. The number of rotatable bonds is 3. The molecule has 2 nitrogen and oxygen atoms in total. The maximum atomic E-state index is 5.42. The Labute approximate surface area is 74.7 Å². The number of ether oxygens (including phenoxy) is 1. The first kappa shape index (κ1) is 9.57. The van der Waals surface area contributed by atoms with E-state index in [9.17, 15) is 0 Å². The highest BCUT2D eigenvalue weighted by Gasteiger charge is 2.22. The highest BCUT2D eigenvalue weighted by atomic mass is 16.5. The molecular weight excluding hydrogens is 150 g/mol. The van der Waals surface area contributed by atoms with Gasteiger partial charge in [0.2, 0.25) is 0 Å². The Morgan fingerprint density at radius 2 is 2.42 bits per heavy atom. The third-order valence-electron chi connectivity index (χ3n) is 2.21. The van der Waals surface area contributed by atoms with Gasteiger partial charge in [-0.05, 0) is 20.3 Å². The molecule has 0 aromatic heterocycles. The van der Waals surface area contributed by atoms with E-state index in [4.69, 9.17) is 4.74 Å². The van der Waals surface area contributed by atoms with Crippen LogP contribution in [0.2, 0.25) is 0 Å². The molecule has 1 N–H and O–H groups in total. The maximum absolute atomic E-state index is 5.42. The van der Waals surface area contributed by atoms with Crippen molar-refractivity contribution in [2.75, 3.05) is 13.2 Å². The zero-order valence-corrected chi connectivity index (χ0v) is 7.89. The van der Waals surface area contributed by atoms with E-state index in [2.05, 4.69) is 24.1 Å². The molecule has 12 heavy (non-hydrogen) atoms. The van der Waals surface area contributed by atoms with Gasteiger partial charge in [-0.15, -0.1) is 11.8 Å². The number of hydrogen-bond donors (Lipinski definition) is 1. The minimum atomic E-state index is 0.375. The summed E-state index contributed by atoms with van der Waals surface area (Å²) < 4.78 is 5.42. The van der Waals surface area contributed by atoms with Gasteiger partial charge in [0.25, 0.3) is 0 Å². The molecule has 1 aliphatic heterocycles. The molecule has 1 aliphatic rings. The third-order valence-corrected chi connectivity index (χ3v) is 2.21. The molecular formula is C10H17NO. The first-order chi connectivity index (χ1) is 5.84. The largest absolute Gasteiger partial charge is 0.377 e. The molecule has 0 saturated carbocycles. The fraction of sp³-hybridized carbons (Fsp3) is 0.800. The SMILES string of the molecule is CC#CCCNC1CCOC1C. The monoisotopic (exact) mass is 167 g/mol. The highest BCUT2D eigenvalue weighted by Crippen LogP contribution is 2.11. The van der Waals surface area contributed by atoms with E-state index < -0.39 is 0 Å². The van der Waals surface area contributed by atoms with Crippen LogP contribution in [0, 0.1) is 11.8 Å². The van der Waals surface area contributed by atoms with Crippen molar-refractivity contribution in [3.05, 3.63) is 0 Å². The molecule has 1 rings (SSSR count). The summed E-state index contributed by atoms with van der Waals surface area (Å²) in [5.74, 6) is 5.92. The van der Waals surface area contributed by atoms with E-state index in [1.54, 1.807) is 0 Å². The first-order valence-electron chi connectivity index (χ1n) is 4.59. The highest BCUT2D eigenvalue weighted by molar-refractivity contribution is 4.95. The van der Waals surface area contributed by atoms with Crippen LogP contribution in [0.5, 0.6) is 0 Å². The van der Waals surface area contributed by atoms with Crippen molar-refractivity contribution < 1.29 is 4.74 Å². The first-order valence-corrected chi connectivity index (χ1v) is 4.59. The zero-order chi connectivity index (χ0) is 8.81. The minimum absolute atomic E-state index is 0.375. The molecule has 2 atom stereocenters. The summed E-state index contributed by atoms with van der Waals surface area (Å²) in [4.78, 5) is 0. The molecule has 1 fully saturated rings. The smallest absolute Gasteiger partial charge is 0.0700 e. The Bertz CT molecular complexity index is 180. The van der Waals surface area contributed by atoms with Crippen LogP contribution in [0.1, 0.15) is 26.7 Å². The normalized spacial score (nSPS) is 28.2. The predicted octanol–water partition coefficient (Wildman–Crippen LogP) is 1.17. The van der Waals surface area contributed by atoms with E-state index in [-0.39, 0.29) is 0 Å². The van der Waals surface area contributed by atoms with Crippen molar-refractivity contribution in [2.45, 2.75) is 38.8 Å². The van der Waals surface area contributed by atoms with Crippen molar-refractivity contribution in [1.82, 2.24) is 5.32 Å². The minimum Gasteiger partial charge on any atom is -0.377 e. The standard InChI is InChI=1S/C10H17NO/c1-3-4-5-7-11-10-6-8-12-9(10)2/h9-11H,5-8H2,1-2H3. The molecule has 1 saturated heterocycles. The zero-order valence-electron chi connectivity index (χ0n) is 7.89. The van der Waals surface area contributed by atoms with Crippen molar-refractivity contribution in [3.8, 4) is 11.8 Å². The second-order valence-corrected chi connectivity index (χ2v) is 3.10. The number of nitrogens with one attached hydrogen (secondary N) is 1. The molecule has 0 aromatic rings. The Morgan fingerprint density at radius 1 is 1.58 bits per heavy atom. The average Bonchev–Trinajstić information content (AvgIpc) is 2.46. The van der Waals surface area contributed by atoms with Crippen LogP contribution in [0.4, 0.5) is 0 Å². The van der Waals surface area contributed by atoms with Crippen LogP contribution in [-0.4, -0.2) is 25.3 Å². The van der Waals surface area contributed by atoms with Gasteiger partial charge >= 0.3 is 0 Å². The Morgan fingerprint density at radius 3 is 3.00 bits per heavy atom. The fourth-order valence-electron chi connectivity index (χ4n) is 1.44. The second-order valence-electron chi connectivity index (χ2n) is 3.10. The summed E-state index contributed by atoms with van der Waals surface area (Å²) in [7, 11) is 0. The molecule has 0 spiro atoms. The van der Waals surface area contributed by atoms with E-state index in [1.807, 2.05) is 6.92 Å². The lowest BCUT2D eigenvalue weighted by Crippen LogP contribution is -2.35. The van der Waals surface area contributed by atoms with Gasteiger partial charge in [0.05, 0.1) is 6.10 Å². The van der Waals surface area contributed by atoms with Gasteiger partial charge in [-0.25, -0.2) is 0 Å². The lowest BCUT2D eigenvalue weighted by molar-refractivity contribution is 0.113. The Hall–Kier alpha value is -0.520. The second kappa shape index (κ2) is 5.18. The van der Waals surface area contributed by atoms with Gasteiger partial charge in [0.1, 0.15) is 0 Å². The molecule has 0 bridgehead atoms. The molecule has 0 radical (unpaired) electrons. The van der Waals surface area contributed by atoms with Crippen LogP contribution in [-0.2, 0) is 4.74 Å². The van der Waals surface area contributed by atoms with Gasteiger partial charge in [-0.3, -0.25) is 0 Å². The number of hydrogen-bond acceptors (Lipinski definition) is 2. The molecule has 0 aromatic carbocycles. The molecule has 0 amide bonds. The van der Waals surface area contributed by atoms with E-state index in [0.29, 0.717) is 12.1 Å². The molecule has 1 heterocycles. The average molecular weight is 167 g/mol. The molecule has 2 heteroatoms. The molecule has 2 unspecified atom stereocenters. The quantitative estimate of drug-likeness (QED) is 0.503. The van der Waals surface area contributed by atoms with Crippen LogP contribution in [0.25, 0.3) is 0 Å². The van der Waals surface area contributed by atoms with Gasteiger partial charge < -0.3 is 10.1 Å². The van der Waals surface area contributed by atoms with Crippen LogP contribution < -0.4 is 5.32 Å². The van der Waals surface area contributed by atoms with Crippen molar-refractivity contribution in [2.24, 2.45) is 0 Å². The summed E-state index contributed by atoms with van der Waals surface area (Å²) >= 11 is 0. The topological polar surface area (TPSA) is 21.3 Å². The van der Waals surface area contributed by atoms with E-state index in [0.717, 1.165) is 26.0 Å². The van der Waals surface area contributed by atoms with Crippen molar-refractivity contribution >= 4 is 0 Å². The van der Waals surface area contributed by atoms with Gasteiger partial charge in [0.15, 0.2) is 0 Å². The van der Waals surface area contributed by atoms with Crippen LogP contribution >= 0.6 is 0 Å². The predicted molar refractivity (Wildman–Crippen MR) is 49.9 cm³/mol. The summed E-state index contributed by atoms with van der Waals surface area (Å²) in [6, 6.07) is 0.545. The summed E-state index contributed by atoms with van der Waals surface area (Å²) in [5, 5.41) is 3.44. The van der Waals surface area contributed by atoms with E-state index in [1.165, 1.54) is 0 Å². The van der Waals surface area contributed by atoms with Crippen molar-refractivity contribution in [1.29, 1.82) is 0 Å². The lowest BCUT2D eigenvalue weighted by atomic mass is 10.1. The van der Waals surface area contributed by atoms with Crippen molar-refractivity contribution in [3.63, 3.8) is 0 Å². The summed E-state index contributed by atoms with van der Waals surface area (Å²) in [5.41, 5.74) is 0. The lowest BCUT2D eigenvalue weighted by Gasteiger charge is -2.14. The van der Waals surface area contributed by atoms with E-state index >= 15 is 0 Å². The fourth-order valence-corrected chi connectivity index (χ4v) is 1.44. The summed E-state index contributed by atoms with van der Waals surface area (Å²) in [6.07, 6.45) is 2.46. The van der Waals surface area contributed by atoms with Gasteiger partial charge in [0, 0.05) is 25.6 Å². The van der Waals surface area contributed by atoms with Crippen LogP contribution in [0.3, 0.4) is 0 Å². The maximum Gasteiger partial charge on any atom is 0.0700 e. The Balaban J connectivity index is 2.08. The van der Waals surface area contributed by atoms with Gasteiger partial charge in [-0.2, -0.15) is 0 Å². The third kappa shape index (κ3) is 2.84. The Kier molecular flexibility index (Phi) is 4.13. The van der Waals surface area contributed by atoms with Gasteiger partial charge in [-0.1, -0.05) is 0 Å². The van der Waals surface area contributed by atoms with Crippen LogP contribution in [0.15, 0.2) is 0 Å². The molecule has 0 aliphatic carbocycles.